The third kappa shape index (κ3) is 32.6. The van der Waals surface area contributed by atoms with Crippen LogP contribution in [0, 0.1) is 10.8 Å². The van der Waals surface area contributed by atoms with Crippen molar-refractivity contribution < 1.29 is 49.6 Å². The van der Waals surface area contributed by atoms with E-state index in [4.69, 9.17) is 45.8 Å². The van der Waals surface area contributed by atoms with Crippen LogP contribution in [0.3, 0.4) is 0 Å². The molecule has 2 N–H and O–H groups in total. The number of allylic oxidation sites excluding steroid dienone is 18. The van der Waals surface area contributed by atoms with Crippen molar-refractivity contribution in [2.45, 2.75) is 101 Å². The molecule has 0 spiro atoms. The van der Waals surface area contributed by atoms with Crippen LogP contribution in [0.4, 0.5) is 0 Å². The molecule has 0 amide bonds. The van der Waals surface area contributed by atoms with Crippen molar-refractivity contribution in [2.75, 3.05) is 12.1 Å². The molecule has 0 saturated heterocycles. The van der Waals surface area contributed by atoms with Crippen molar-refractivity contribution in [1.82, 2.24) is 0 Å². The number of carboxylic acid groups (broad SMARTS) is 1. The van der Waals surface area contributed by atoms with Crippen LogP contribution in [0.1, 0.15) is 101 Å². The molecule has 0 aliphatic heterocycles. The number of carbonyl (C=O) groups excluding carboxylic acids is 1. The molecule has 0 radical (unpaired) electrons. The van der Waals surface area contributed by atoms with Gasteiger partial charge in [-0.05, 0) is 106 Å². The average molecular weight is 897 g/mol. The summed E-state index contributed by atoms with van der Waals surface area (Å²) in [6.45, 7) is 19.2. The van der Waals surface area contributed by atoms with Gasteiger partial charge < -0.3 is 14.4 Å². The number of rotatable bonds is 13. The first kappa shape index (κ1) is 56.1. The van der Waals surface area contributed by atoms with Crippen LogP contribution in [0.25, 0.3) is 0 Å². The minimum atomic E-state index is -4.92. The second-order valence-electron chi connectivity index (χ2n) is 14.3. The van der Waals surface area contributed by atoms with Crippen LogP contribution in [-0.4, -0.2) is 55.1 Å². The van der Waals surface area contributed by atoms with Crippen LogP contribution in [-0.2, 0) is 38.2 Å². The Balaban J connectivity index is 0. The first-order chi connectivity index (χ1) is 26.1. The average Bonchev–Trinajstić information content (AvgIpc) is 3.02. The number of aliphatic carboxylic acids is 1. The normalized spacial score (nSPS) is 18.0. The lowest BCUT2D eigenvalue weighted by Crippen LogP contribution is -2.19. The molecule has 0 atom stereocenters. The third-order valence-electron chi connectivity index (χ3n) is 8.25. The Morgan fingerprint density at radius 3 is 1.72 bits per heavy atom. The molecule has 16 heteroatoms. The van der Waals surface area contributed by atoms with Crippen molar-refractivity contribution in [3.05, 3.63) is 118 Å². The molecule has 0 fully saturated rings. The van der Waals surface area contributed by atoms with E-state index >= 15 is 0 Å². The number of carbonyl (C=O) groups is 2. The van der Waals surface area contributed by atoms with E-state index in [9.17, 15) is 18.0 Å². The lowest BCUT2D eigenvalue weighted by atomic mass is 9.72. The van der Waals surface area contributed by atoms with Gasteiger partial charge in [-0.2, -0.15) is 8.42 Å². The van der Waals surface area contributed by atoms with Gasteiger partial charge in [0.05, 0.1) is 0 Å². The SMILES string of the molecule is CC(/C=C/C1=CCCCC1(C)C)=C\C=C\C(C)=C\C(=O)O.CC1=C(/C=C/C(C)=C/C=C/C(C)=C/C(=O)OCCl)C(C)(C)CCC1.O=S(=O)(Cl)OCCl.O=S(=O)([O-])O. The van der Waals surface area contributed by atoms with Gasteiger partial charge in [0.25, 0.3) is 0 Å². The maximum absolute atomic E-state index is 11.3. The fourth-order valence-corrected chi connectivity index (χ4v) is 6.24. The highest BCUT2D eigenvalue weighted by atomic mass is 35.7. The van der Waals surface area contributed by atoms with E-state index in [-0.39, 0.29) is 16.9 Å². The Bertz CT molecular complexity index is 1850. The Labute approximate surface area is 355 Å². The highest BCUT2D eigenvalue weighted by Crippen LogP contribution is 2.41. The Morgan fingerprint density at radius 1 is 0.807 bits per heavy atom. The highest BCUT2D eigenvalue weighted by molar-refractivity contribution is 8.10. The molecule has 11 nitrogen and oxygen atoms in total. The van der Waals surface area contributed by atoms with E-state index in [0.717, 1.165) is 16.7 Å². The summed E-state index contributed by atoms with van der Waals surface area (Å²) < 4.78 is 60.6. The molecule has 2 aliphatic carbocycles. The second-order valence-corrected chi connectivity index (χ2v) is 17.8. The van der Waals surface area contributed by atoms with Crippen LogP contribution >= 0.6 is 33.9 Å². The van der Waals surface area contributed by atoms with Gasteiger partial charge in [0.2, 0.25) is 10.4 Å². The largest absolute Gasteiger partial charge is 0.726 e. The summed E-state index contributed by atoms with van der Waals surface area (Å²) in [6.07, 6.45) is 32.7. The predicted octanol–water partition coefficient (Wildman–Crippen LogP) is 11.2. The topological polar surface area (TPSA) is 184 Å². The molecular weight excluding hydrogens is 839 g/mol. The Morgan fingerprint density at radius 2 is 1.30 bits per heavy atom. The number of ether oxygens (including phenoxy) is 1. The highest BCUT2D eigenvalue weighted by Gasteiger charge is 2.26. The first-order valence-corrected chi connectivity index (χ1v) is 22.4. The molecule has 0 aromatic heterocycles. The summed E-state index contributed by atoms with van der Waals surface area (Å²) in [5.41, 5.74) is 8.78. The Hall–Kier alpha value is -3.01. The maximum atomic E-state index is 11.3. The fourth-order valence-electron chi connectivity index (χ4n) is 5.40. The summed E-state index contributed by atoms with van der Waals surface area (Å²) in [5.74, 6) is -1.33. The monoisotopic (exact) mass is 895 g/mol. The van der Waals surface area contributed by atoms with E-state index in [0.29, 0.717) is 0 Å². The van der Waals surface area contributed by atoms with Crippen LogP contribution in [0.5, 0.6) is 0 Å². The minimum Gasteiger partial charge on any atom is -0.726 e. The van der Waals surface area contributed by atoms with Crippen molar-refractivity contribution in [1.29, 1.82) is 0 Å². The smallest absolute Gasteiger partial charge is 0.356 e. The number of carboxylic acids is 1. The van der Waals surface area contributed by atoms with Gasteiger partial charge in [-0.3, -0.25) is 4.55 Å². The predicted molar refractivity (Wildman–Crippen MR) is 231 cm³/mol. The number of esters is 1. The molecular formula is C41H58Cl3O11S2-. The number of hydrogen-bond acceptors (Lipinski definition) is 9. The number of halogens is 3. The molecule has 0 aromatic rings. The first-order valence-electron chi connectivity index (χ1n) is 17.8. The molecule has 322 valence electrons. The van der Waals surface area contributed by atoms with Crippen LogP contribution < -0.4 is 0 Å². The van der Waals surface area contributed by atoms with Crippen molar-refractivity contribution in [2.24, 2.45) is 10.8 Å². The van der Waals surface area contributed by atoms with Gasteiger partial charge in [0.1, 0.15) is 6.07 Å². The maximum Gasteiger partial charge on any atom is 0.356 e. The van der Waals surface area contributed by atoms with E-state index in [1.807, 2.05) is 44.2 Å². The van der Waals surface area contributed by atoms with Gasteiger partial charge in [-0.25, -0.2) is 22.2 Å². The molecule has 2 rings (SSSR count). The molecule has 0 bridgehead atoms. The summed E-state index contributed by atoms with van der Waals surface area (Å²) in [5, 5.41) is 8.63. The van der Waals surface area contributed by atoms with E-state index in [1.165, 1.54) is 73.0 Å². The summed E-state index contributed by atoms with van der Waals surface area (Å²) >= 11 is 10.1. The molecule has 57 heavy (non-hydrogen) atoms. The van der Waals surface area contributed by atoms with Gasteiger partial charge in [-0.15, -0.1) is 0 Å². The van der Waals surface area contributed by atoms with Gasteiger partial charge in [-0.1, -0.05) is 134 Å². The number of hydrogen-bond donors (Lipinski definition) is 2. The zero-order chi connectivity index (χ0) is 44.5. The summed E-state index contributed by atoms with van der Waals surface area (Å²) in [4.78, 5) is 21.8. The Kier molecular flexibility index (Phi) is 28.0. The standard InChI is InChI=1S/C21H29ClO2.C19H26O2.CH2Cl2O3S.H2O4S/c1-16(8-6-9-17(2)14-20(23)24-15-22)11-12-19-18(3)10-7-13-21(19,4)5;1-15(8-7-9-16(2)14-18(20)21)11-12-17-10-5-6-13-19(17,3)4;2-1-6-7(3,4)5;1-5(2,3)4/h6,8-9,11-12,14H,7,10,13,15H2,1-5H3;7-12,14H,5-6,13H2,1-4H3,(H,20,21);1H2;(H2,1,2,3,4)/p-1/b9-6+,12-11+,16-8+,17-14+;9-7+,12-11+,15-8+,16-14+;;. The molecule has 0 unspecified atom stereocenters. The number of alkyl halides is 2. The van der Waals surface area contributed by atoms with Crippen LogP contribution in [0.15, 0.2) is 118 Å². The summed E-state index contributed by atoms with van der Waals surface area (Å²) in [6, 6.07) is -0.562. The second kappa shape index (κ2) is 28.4. The van der Waals surface area contributed by atoms with Gasteiger partial charge >= 0.3 is 21.3 Å². The summed E-state index contributed by atoms with van der Waals surface area (Å²) in [7, 11) is -4.25. The van der Waals surface area contributed by atoms with Gasteiger partial charge in [0, 0.05) is 22.8 Å². The molecule has 0 aromatic carbocycles. The van der Waals surface area contributed by atoms with E-state index in [2.05, 4.69) is 91.5 Å². The molecule has 0 saturated carbocycles. The lowest BCUT2D eigenvalue weighted by Gasteiger charge is -2.32. The molecule has 0 heterocycles. The van der Waals surface area contributed by atoms with E-state index in [1.54, 1.807) is 13.0 Å². The van der Waals surface area contributed by atoms with E-state index < -0.39 is 37.7 Å². The van der Waals surface area contributed by atoms with Crippen LogP contribution in [0.2, 0.25) is 0 Å². The zero-order valence-corrected chi connectivity index (χ0v) is 38.1. The van der Waals surface area contributed by atoms with Crippen molar-refractivity contribution >= 4 is 65.6 Å². The minimum absolute atomic E-state index is 0.123. The fraction of sp³-hybridized carbons (Fsp3) is 0.463. The third-order valence-corrected chi connectivity index (χ3v) is 9.26. The quantitative estimate of drug-likeness (QED) is 0.0341. The molecule has 2 aliphatic rings. The van der Waals surface area contributed by atoms with Crippen molar-refractivity contribution in [3.63, 3.8) is 0 Å². The zero-order valence-electron chi connectivity index (χ0n) is 34.2. The van der Waals surface area contributed by atoms with Gasteiger partial charge in [0.15, 0.2) is 6.07 Å². The lowest BCUT2D eigenvalue weighted by molar-refractivity contribution is -0.136. The van der Waals surface area contributed by atoms with Crippen molar-refractivity contribution in [3.8, 4) is 0 Å².